The highest BCUT2D eigenvalue weighted by Gasteiger charge is 2.31. The molecule has 45 heavy (non-hydrogen) atoms. The van der Waals surface area contributed by atoms with E-state index >= 15 is 0 Å². The molecule has 1 saturated heterocycles. The highest BCUT2D eigenvalue weighted by molar-refractivity contribution is 5.98. The minimum atomic E-state index is -0.0509. The topological polar surface area (TPSA) is 92.8 Å². The van der Waals surface area contributed by atoms with Gasteiger partial charge in [0.15, 0.2) is 17.0 Å². The normalized spacial score (nSPS) is 18.2. The number of nitrogens with one attached hydrogen (secondary N) is 1. The maximum Gasteiger partial charge on any atom is 0.328 e. The summed E-state index contributed by atoms with van der Waals surface area (Å²) < 4.78 is 5.49. The number of fused-ring (bicyclic) bond motifs is 3. The molecule has 5 heterocycles. The predicted octanol–water partition coefficient (Wildman–Crippen LogP) is 5.55. The van der Waals surface area contributed by atoms with Crippen molar-refractivity contribution in [3.05, 3.63) is 65.0 Å². The van der Waals surface area contributed by atoms with E-state index in [4.69, 9.17) is 15.0 Å². The Hall–Kier alpha value is -4.44. The number of aromatic amines is 1. The number of likely N-dealkylation sites (tertiary alicyclic amines) is 1. The van der Waals surface area contributed by atoms with Gasteiger partial charge in [0.05, 0.1) is 16.7 Å². The first-order chi connectivity index (χ1) is 21.9. The zero-order chi connectivity index (χ0) is 30.8. The van der Waals surface area contributed by atoms with Crippen LogP contribution in [0.2, 0.25) is 0 Å². The van der Waals surface area contributed by atoms with Crippen molar-refractivity contribution in [3.63, 3.8) is 0 Å². The summed E-state index contributed by atoms with van der Waals surface area (Å²) in [6, 6.07) is 13.3. The van der Waals surface area contributed by atoms with Gasteiger partial charge in [0, 0.05) is 62.9 Å². The van der Waals surface area contributed by atoms with Gasteiger partial charge in [-0.05, 0) is 68.5 Å². The smallest absolute Gasteiger partial charge is 0.328 e. The summed E-state index contributed by atoms with van der Waals surface area (Å²) in [4.78, 5) is 36.2. The van der Waals surface area contributed by atoms with Gasteiger partial charge in [-0.2, -0.15) is 0 Å². The molecular weight excluding hydrogens is 562 g/mol. The van der Waals surface area contributed by atoms with E-state index < -0.39 is 0 Å². The van der Waals surface area contributed by atoms with E-state index in [0.717, 1.165) is 75.1 Å². The molecule has 2 aliphatic rings. The summed E-state index contributed by atoms with van der Waals surface area (Å²) in [5.74, 6) is 2.24. The Morgan fingerprint density at radius 3 is 2.64 bits per heavy atom. The van der Waals surface area contributed by atoms with Crippen molar-refractivity contribution in [1.82, 2.24) is 38.5 Å². The fourth-order valence-electron chi connectivity index (χ4n) is 7.91. The van der Waals surface area contributed by atoms with Crippen LogP contribution in [0.1, 0.15) is 44.1 Å². The number of rotatable bonds is 6. The molecule has 0 radical (unpaired) electrons. The molecule has 6 aromatic rings. The molecule has 1 atom stereocenters. The van der Waals surface area contributed by atoms with Gasteiger partial charge in [0.1, 0.15) is 12.2 Å². The molecule has 0 amide bonds. The SMILES string of the molecule is Cc1ccc2c(-c3nc4c(N(C)CC5CCN(C6CCCCC6)C5)ncnc4n3-c3ccc4c(c3)n(C)c(=O)n4C)c[nH]c2c1. The zero-order valence-corrected chi connectivity index (χ0v) is 26.6. The van der Waals surface area contributed by atoms with Gasteiger partial charge in [-0.25, -0.2) is 19.7 Å². The van der Waals surface area contributed by atoms with E-state index in [1.807, 2.05) is 26.4 Å². The highest BCUT2D eigenvalue weighted by Crippen LogP contribution is 2.36. The Morgan fingerprint density at radius 1 is 0.978 bits per heavy atom. The largest absolute Gasteiger partial charge is 0.360 e. The number of aromatic nitrogens is 7. The summed E-state index contributed by atoms with van der Waals surface area (Å²) in [7, 11) is 5.77. The van der Waals surface area contributed by atoms with Crippen LogP contribution >= 0.6 is 0 Å². The van der Waals surface area contributed by atoms with Crippen LogP contribution in [0.3, 0.4) is 0 Å². The molecule has 1 aliphatic heterocycles. The molecule has 0 bridgehead atoms. The molecule has 1 aliphatic carbocycles. The van der Waals surface area contributed by atoms with E-state index in [1.165, 1.54) is 50.6 Å². The fourth-order valence-corrected chi connectivity index (χ4v) is 7.91. The van der Waals surface area contributed by atoms with Crippen LogP contribution < -0.4 is 10.6 Å². The molecular formula is C35H41N9O. The van der Waals surface area contributed by atoms with Crippen LogP contribution in [0, 0.1) is 12.8 Å². The molecule has 0 spiro atoms. The van der Waals surface area contributed by atoms with Gasteiger partial charge in [-0.3, -0.25) is 13.7 Å². The molecule has 10 nitrogen and oxygen atoms in total. The first-order valence-corrected chi connectivity index (χ1v) is 16.3. The first kappa shape index (κ1) is 28.1. The van der Waals surface area contributed by atoms with E-state index in [1.54, 1.807) is 15.5 Å². The third-order valence-electron chi connectivity index (χ3n) is 10.3. The van der Waals surface area contributed by atoms with Gasteiger partial charge in [0.25, 0.3) is 0 Å². The molecule has 232 valence electrons. The van der Waals surface area contributed by atoms with E-state index in [0.29, 0.717) is 5.92 Å². The summed E-state index contributed by atoms with van der Waals surface area (Å²) in [6.45, 7) is 5.39. The molecule has 2 aromatic carbocycles. The lowest BCUT2D eigenvalue weighted by atomic mass is 9.94. The molecule has 1 N–H and O–H groups in total. The van der Waals surface area contributed by atoms with Crippen LogP contribution in [0.4, 0.5) is 5.82 Å². The van der Waals surface area contributed by atoms with Crippen molar-refractivity contribution in [3.8, 4) is 17.1 Å². The van der Waals surface area contributed by atoms with Gasteiger partial charge in [-0.15, -0.1) is 0 Å². The van der Waals surface area contributed by atoms with Gasteiger partial charge in [-0.1, -0.05) is 31.4 Å². The fraction of sp³-hybridized carbons (Fsp3) is 0.429. The number of H-pyrrole nitrogens is 1. The number of hydrogen-bond donors (Lipinski definition) is 1. The van der Waals surface area contributed by atoms with Crippen LogP contribution in [-0.4, -0.2) is 71.3 Å². The van der Waals surface area contributed by atoms with E-state index in [2.05, 4.69) is 63.7 Å². The first-order valence-electron chi connectivity index (χ1n) is 16.3. The van der Waals surface area contributed by atoms with Crippen molar-refractivity contribution in [1.29, 1.82) is 0 Å². The lowest BCUT2D eigenvalue weighted by Crippen LogP contribution is -2.36. The number of imidazole rings is 2. The van der Waals surface area contributed by atoms with E-state index in [-0.39, 0.29) is 5.69 Å². The quantitative estimate of drug-likeness (QED) is 0.268. The second-order valence-corrected chi connectivity index (χ2v) is 13.3. The number of anilines is 1. The predicted molar refractivity (Wildman–Crippen MR) is 180 cm³/mol. The summed E-state index contributed by atoms with van der Waals surface area (Å²) in [5.41, 5.74) is 7.38. The van der Waals surface area contributed by atoms with Gasteiger partial charge >= 0.3 is 5.69 Å². The maximum atomic E-state index is 12.8. The van der Waals surface area contributed by atoms with Crippen molar-refractivity contribution >= 4 is 38.9 Å². The average Bonchev–Trinajstić information content (AvgIpc) is 3.83. The Labute approximate surface area is 262 Å². The molecule has 2 fully saturated rings. The van der Waals surface area contributed by atoms with Crippen molar-refractivity contribution in [2.75, 3.05) is 31.6 Å². The number of benzene rings is 2. The van der Waals surface area contributed by atoms with Crippen LogP contribution in [0.25, 0.3) is 50.2 Å². The summed E-state index contributed by atoms with van der Waals surface area (Å²) >= 11 is 0. The van der Waals surface area contributed by atoms with Gasteiger partial charge < -0.3 is 14.8 Å². The van der Waals surface area contributed by atoms with E-state index in [9.17, 15) is 4.79 Å². The Bertz CT molecular complexity index is 2110. The minimum Gasteiger partial charge on any atom is -0.360 e. The monoisotopic (exact) mass is 603 g/mol. The van der Waals surface area contributed by atoms with Crippen LogP contribution in [0.5, 0.6) is 0 Å². The Balaban J connectivity index is 1.23. The third-order valence-corrected chi connectivity index (χ3v) is 10.3. The molecule has 1 unspecified atom stereocenters. The second kappa shape index (κ2) is 10.9. The van der Waals surface area contributed by atoms with Gasteiger partial charge in [0.2, 0.25) is 0 Å². The Morgan fingerprint density at radius 2 is 1.80 bits per heavy atom. The number of aryl methyl sites for hydroxylation is 3. The van der Waals surface area contributed by atoms with Crippen LogP contribution in [-0.2, 0) is 14.1 Å². The number of nitrogens with zero attached hydrogens (tertiary/aromatic N) is 8. The zero-order valence-electron chi connectivity index (χ0n) is 26.6. The molecule has 8 rings (SSSR count). The van der Waals surface area contributed by atoms with Crippen molar-refractivity contribution in [2.24, 2.45) is 20.0 Å². The minimum absolute atomic E-state index is 0.0509. The lowest BCUT2D eigenvalue weighted by Gasteiger charge is -2.31. The summed E-state index contributed by atoms with van der Waals surface area (Å²) in [6.07, 6.45) is 11.8. The van der Waals surface area contributed by atoms with Crippen molar-refractivity contribution in [2.45, 2.75) is 51.5 Å². The third kappa shape index (κ3) is 4.65. The summed E-state index contributed by atoms with van der Waals surface area (Å²) in [5, 5.41) is 1.10. The van der Waals surface area contributed by atoms with Crippen LogP contribution in [0.15, 0.2) is 53.7 Å². The van der Waals surface area contributed by atoms with Crippen molar-refractivity contribution < 1.29 is 0 Å². The Kier molecular flexibility index (Phi) is 6.78. The lowest BCUT2D eigenvalue weighted by molar-refractivity contribution is 0.185. The number of hydrogen-bond acceptors (Lipinski definition) is 6. The maximum absolute atomic E-state index is 12.8. The average molecular weight is 604 g/mol. The second-order valence-electron chi connectivity index (χ2n) is 13.3. The highest BCUT2D eigenvalue weighted by atomic mass is 16.1. The standard InChI is InChI=1S/C35H41N9O/c1-22-10-12-26-27(18-36-28(26)16-22)32-39-31-33(40(2)19-23-14-15-43(20-23)24-8-6-5-7-9-24)37-21-38-34(31)44(32)25-11-13-29-30(17-25)42(4)35(45)41(29)3/h10-13,16-18,21,23-24,36H,5-9,14-15,19-20H2,1-4H3. The molecule has 4 aromatic heterocycles. The molecule has 1 saturated carbocycles. The molecule has 10 heteroatoms.